The minimum atomic E-state index is -1.46. The number of urea groups is 1. The van der Waals surface area contributed by atoms with Crippen LogP contribution in [0.3, 0.4) is 0 Å². The van der Waals surface area contributed by atoms with E-state index in [0.717, 1.165) is 25.7 Å². The van der Waals surface area contributed by atoms with E-state index in [4.69, 9.17) is 15.3 Å². The Hall–Kier alpha value is -1.34. The molecular weight excluding hydrogens is 264 g/mol. The fraction of sp³-hybridized carbons (Fsp3) is 0.846. The summed E-state index contributed by atoms with van der Waals surface area (Å²) in [5.74, 6) is -1.29. The van der Waals surface area contributed by atoms with Gasteiger partial charge < -0.3 is 25.5 Å². The highest BCUT2D eigenvalue weighted by molar-refractivity contribution is 5.75. The van der Waals surface area contributed by atoms with Gasteiger partial charge in [0.15, 0.2) is 6.10 Å². The molecule has 0 spiro atoms. The Labute approximate surface area is 118 Å². The number of rotatable bonds is 7. The fourth-order valence-corrected chi connectivity index (χ4v) is 2.49. The fourth-order valence-electron chi connectivity index (χ4n) is 2.49. The van der Waals surface area contributed by atoms with E-state index in [9.17, 15) is 9.59 Å². The van der Waals surface area contributed by atoms with Crippen molar-refractivity contribution in [2.75, 3.05) is 19.7 Å². The second-order valence-electron chi connectivity index (χ2n) is 5.08. The van der Waals surface area contributed by atoms with Gasteiger partial charge in [-0.15, -0.1) is 0 Å². The van der Waals surface area contributed by atoms with Crippen molar-refractivity contribution in [2.24, 2.45) is 0 Å². The Balaban J connectivity index is 2.41. The summed E-state index contributed by atoms with van der Waals surface area (Å²) in [6.45, 7) is 0.278. The molecule has 1 atom stereocenters. The highest BCUT2D eigenvalue weighted by atomic mass is 16.4. The average Bonchev–Trinajstić information content (AvgIpc) is 2.45. The lowest BCUT2D eigenvalue weighted by Gasteiger charge is -2.34. The Kier molecular flexibility index (Phi) is 7.32. The van der Waals surface area contributed by atoms with E-state index >= 15 is 0 Å². The highest BCUT2D eigenvalue weighted by Gasteiger charge is 2.25. The van der Waals surface area contributed by atoms with Gasteiger partial charge in [-0.25, -0.2) is 9.59 Å². The largest absolute Gasteiger partial charge is 0.479 e. The molecule has 1 aliphatic carbocycles. The van der Waals surface area contributed by atoms with Gasteiger partial charge in [0.2, 0.25) is 0 Å². The number of aliphatic carboxylic acids is 1. The molecule has 1 aliphatic rings. The van der Waals surface area contributed by atoms with Gasteiger partial charge in [0.05, 0.1) is 6.61 Å². The number of amides is 2. The molecule has 0 aromatic carbocycles. The lowest BCUT2D eigenvalue weighted by molar-refractivity contribution is -0.146. The molecule has 0 aromatic heterocycles. The first-order chi connectivity index (χ1) is 9.56. The quantitative estimate of drug-likeness (QED) is 0.533. The van der Waals surface area contributed by atoms with Gasteiger partial charge in [-0.3, -0.25) is 0 Å². The lowest BCUT2D eigenvalue weighted by Crippen LogP contribution is -2.48. The molecule has 0 saturated heterocycles. The number of carboxylic acid groups (broad SMARTS) is 1. The molecule has 0 aliphatic heterocycles. The van der Waals surface area contributed by atoms with Gasteiger partial charge in [0.1, 0.15) is 0 Å². The molecule has 1 saturated carbocycles. The summed E-state index contributed by atoms with van der Waals surface area (Å²) in [4.78, 5) is 24.1. The first kappa shape index (κ1) is 16.7. The van der Waals surface area contributed by atoms with Crippen LogP contribution in [0.1, 0.15) is 38.5 Å². The number of aliphatic hydroxyl groups is 2. The third kappa shape index (κ3) is 5.34. The van der Waals surface area contributed by atoms with E-state index < -0.39 is 12.1 Å². The summed E-state index contributed by atoms with van der Waals surface area (Å²) in [6, 6.07) is -0.163. The van der Waals surface area contributed by atoms with Crippen molar-refractivity contribution in [2.45, 2.75) is 50.7 Å². The Morgan fingerprint density at radius 2 is 1.90 bits per heavy atom. The number of nitrogens with one attached hydrogen (secondary N) is 1. The number of aliphatic hydroxyl groups excluding tert-OH is 2. The molecule has 0 heterocycles. The van der Waals surface area contributed by atoms with Gasteiger partial charge in [-0.05, 0) is 12.8 Å². The van der Waals surface area contributed by atoms with Gasteiger partial charge in [-0.1, -0.05) is 19.3 Å². The van der Waals surface area contributed by atoms with Crippen molar-refractivity contribution in [3.63, 3.8) is 0 Å². The Morgan fingerprint density at radius 3 is 2.45 bits per heavy atom. The maximum Gasteiger partial charge on any atom is 0.332 e. The molecule has 1 fully saturated rings. The third-order valence-electron chi connectivity index (χ3n) is 3.60. The average molecular weight is 288 g/mol. The number of carboxylic acids is 1. The molecule has 0 unspecified atom stereocenters. The van der Waals surface area contributed by atoms with Crippen LogP contribution in [0.15, 0.2) is 0 Å². The first-order valence-corrected chi connectivity index (χ1v) is 7.12. The molecule has 4 N–H and O–H groups in total. The van der Waals surface area contributed by atoms with E-state index in [0.29, 0.717) is 0 Å². The van der Waals surface area contributed by atoms with Crippen molar-refractivity contribution in [3.8, 4) is 0 Å². The summed E-state index contributed by atoms with van der Waals surface area (Å²) in [5.41, 5.74) is 0. The number of hydrogen-bond donors (Lipinski definition) is 4. The van der Waals surface area contributed by atoms with E-state index in [1.54, 1.807) is 4.90 Å². The standard InChI is InChI=1S/C13H24N2O5/c16-9-8-15(10-4-2-1-3-5-10)13(20)14-7-6-11(17)12(18)19/h10-11,16-17H,1-9H2,(H,14,20)(H,18,19)/t11-/m0/s1. The first-order valence-electron chi connectivity index (χ1n) is 7.12. The summed E-state index contributed by atoms with van der Waals surface area (Å²) >= 11 is 0. The van der Waals surface area contributed by atoms with Crippen LogP contribution in [0.5, 0.6) is 0 Å². The molecule has 20 heavy (non-hydrogen) atoms. The predicted octanol–water partition coefficient (Wildman–Crippen LogP) is 0.159. The van der Waals surface area contributed by atoms with Crippen molar-refractivity contribution in [1.82, 2.24) is 10.2 Å². The van der Waals surface area contributed by atoms with Gasteiger partial charge in [0, 0.05) is 25.6 Å². The highest BCUT2D eigenvalue weighted by Crippen LogP contribution is 2.22. The van der Waals surface area contributed by atoms with Gasteiger partial charge >= 0.3 is 12.0 Å². The summed E-state index contributed by atoms with van der Waals surface area (Å²) < 4.78 is 0. The van der Waals surface area contributed by atoms with Crippen molar-refractivity contribution < 1.29 is 24.9 Å². The molecular formula is C13H24N2O5. The van der Waals surface area contributed by atoms with Crippen LogP contribution in [0.4, 0.5) is 4.79 Å². The van der Waals surface area contributed by atoms with Crippen molar-refractivity contribution in [1.29, 1.82) is 0 Å². The van der Waals surface area contributed by atoms with Gasteiger partial charge in [0.25, 0.3) is 0 Å². The van der Waals surface area contributed by atoms with Crippen molar-refractivity contribution >= 4 is 12.0 Å². The van der Waals surface area contributed by atoms with Gasteiger partial charge in [-0.2, -0.15) is 0 Å². The zero-order valence-electron chi connectivity index (χ0n) is 11.6. The van der Waals surface area contributed by atoms with Crippen LogP contribution < -0.4 is 5.32 Å². The van der Waals surface area contributed by atoms with Crippen LogP contribution in [-0.2, 0) is 4.79 Å². The number of nitrogens with zero attached hydrogens (tertiary/aromatic N) is 1. The van der Waals surface area contributed by atoms with Crippen LogP contribution in [0.2, 0.25) is 0 Å². The lowest BCUT2D eigenvalue weighted by atomic mass is 9.94. The molecule has 0 bridgehead atoms. The van der Waals surface area contributed by atoms with Crippen LogP contribution in [0, 0.1) is 0 Å². The summed E-state index contributed by atoms with van der Waals surface area (Å²) in [6.07, 6.45) is 3.72. The second-order valence-corrected chi connectivity index (χ2v) is 5.08. The van der Waals surface area contributed by atoms with Crippen molar-refractivity contribution in [3.05, 3.63) is 0 Å². The molecule has 116 valence electrons. The molecule has 7 nitrogen and oxygen atoms in total. The maximum atomic E-state index is 12.1. The predicted molar refractivity (Wildman–Crippen MR) is 72.3 cm³/mol. The smallest absolute Gasteiger partial charge is 0.332 e. The minimum Gasteiger partial charge on any atom is -0.479 e. The topological polar surface area (TPSA) is 110 Å². The second kappa shape index (κ2) is 8.76. The monoisotopic (exact) mass is 288 g/mol. The number of hydrogen-bond acceptors (Lipinski definition) is 4. The normalized spacial score (nSPS) is 17.5. The number of carbonyl (C=O) groups is 2. The zero-order valence-corrected chi connectivity index (χ0v) is 11.6. The number of carbonyl (C=O) groups excluding carboxylic acids is 1. The third-order valence-corrected chi connectivity index (χ3v) is 3.60. The minimum absolute atomic E-state index is 0.0291. The van der Waals surface area contributed by atoms with E-state index in [1.807, 2.05) is 0 Å². The molecule has 0 radical (unpaired) electrons. The Bertz CT molecular complexity index is 318. The Morgan fingerprint density at radius 1 is 1.25 bits per heavy atom. The van der Waals surface area contributed by atoms with E-state index in [1.165, 1.54) is 6.42 Å². The zero-order chi connectivity index (χ0) is 15.0. The SMILES string of the molecule is O=C(O)[C@@H](O)CCNC(=O)N(CCO)C1CCCCC1. The van der Waals surface area contributed by atoms with Crippen LogP contribution >= 0.6 is 0 Å². The van der Waals surface area contributed by atoms with E-state index in [2.05, 4.69) is 5.32 Å². The molecule has 2 amide bonds. The molecule has 0 aromatic rings. The summed E-state index contributed by atoms with van der Waals surface area (Å²) in [5, 5.41) is 29.3. The van der Waals surface area contributed by atoms with E-state index in [-0.39, 0.29) is 38.2 Å². The maximum absolute atomic E-state index is 12.1. The van der Waals surface area contributed by atoms with Crippen LogP contribution in [-0.4, -0.2) is 64.1 Å². The molecule has 7 heteroatoms. The van der Waals surface area contributed by atoms with Crippen LogP contribution in [0.25, 0.3) is 0 Å². The molecule has 1 rings (SSSR count). The summed E-state index contributed by atoms with van der Waals surface area (Å²) in [7, 11) is 0.